The molecule has 1 radical (unpaired) electrons. The van der Waals surface area contributed by atoms with Crippen LogP contribution in [-0.2, 0) is 6.42 Å². The maximum atomic E-state index is 3.36. The summed E-state index contributed by atoms with van der Waals surface area (Å²) in [6.07, 6.45) is 2.30. The molecule has 2 aromatic rings. The highest BCUT2D eigenvalue weighted by Gasteiger charge is 2.01. The fraction of sp³-hybridized carbons (Fsp3) is 0.200. The van der Waals surface area contributed by atoms with Gasteiger partial charge in [-0.2, -0.15) is 0 Å². The lowest BCUT2D eigenvalue weighted by molar-refractivity contribution is 0.920. The summed E-state index contributed by atoms with van der Waals surface area (Å²) in [4.78, 5) is 0. The van der Waals surface area contributed by atoms with Gasteiger partial charge in [0.05, 0.1) is 0 Å². The summed E-state index contributed by atoms with van der Waals surface area (Å²) in [6.45, 7) is 2.20. The molecule has 0 spiro atoms. The number of hydrogen-bond acceptors (Lipinski definition) is 0. The van der Waals surface area contributed by atoms with Crippen LogP contribution < -0.4 is 0 Å². The van der Waals surface area contributed by atoms with Crippen molar-refractivity contribution in [3.05, 3.63) is 57.7 Å². The summed E-state index contributed by atoms with van der Waals surface area (Å²) in [5.41, 5.74) is 3.85. The van der Waals surface area contributed by atoms with Crippen LogP contribution >= 0.6 is 22.6 Å². The van der Waals surface area contributed by atoms with Gasteiger partial charge in [0, 0.05) is 3.57 Å². The van der Waals surface area contributed by atoms with Gasteiger partial charge in [-0.1, -0.05) is 43.7 Å². The molecule has 0 bridgehead atoms. The molecule has 0 saturated carbocycles. The molecule has 0 heterocycles. The van der Waals surface area contributed by atoms with Crippen LogP contribution in [0.15, 0.2) is 42.5 Å². The highest BCUT2D eigenvalue weighted by Crippen LogP contribution is 2.25. The van der Waals surface area contributed by atoms with Gasteiger partial charge in [-0.05, 0) is 63.9 Å². The second-order valence-electron chi connectivity index (χ2n) is 3.83. The zero-order chi connectivity index (χ0) is 11.4. The van der Waals surface area contributed by atoms with Crippen molar-refractivity contribution in [2.24, 2.45) is 0 Å². The van der Waals surface area contributed by atoms with Crippen LogP contribution in [-0.4, -0.2) is 0 Å². The van der Waals surface area contributed by atoms with Gasteiger partial charge in [-0.3, -0.25) is 0 Å². The predicted octanol–water partition coefficient (Wildman–Crippen LogP) is 4.71. The molecule has 16 heavy (non-hydrogen) atoms. The maximum Gasteiger partial charge on any atom is 0.0208 e. The zero-order valence-electron chi connectivity index (χ0n) is 9.33. The molecule has 0 fully saturated rings. The zero-order valence-corrected chi connectivity index (χ0v) is 11.5. The van der Waals surface area contributed by atoms with E-state index in [-0.39, 0.29) is 0 Å². The van der Waals surface area contributed by atoms with Gasteiger partial charge in [0.15, 0.2) is 0 Å². The Bertz CT molecular complexity index is 457. The quantitative estimate of drug-likeness (QED) is 0.718. The van der Waals surface area contributed by atoms with Crippen LogP contribution in [0.2, 0.25) is 0 Å². The van der Waals surface area contributed by atoms with E-state index in [0.717, 1.165) is 6.42 Å². The summed E-state index contributed by atoms with van der Waals surface area (Å²) < 4.78 is 1.29. The SMILES string of the molecule is CCCc1[c]cc(-c2ccccc2I)cc1. The topological polar surface area (TPSA) is 0 Å². The first kappa shape index (κ1) is 11.6. The van der Waals surface area contributed by atoms with Crippen LogP contribution in [0.5, 0.6) is 0 Å². The van der Waals surface area contributed by atoms with Crippen LogP contribution in [0.4, 0.5) is 0 Å². The van der Waals surface area contributed by atoms with Gasteiger partial charge < -0.3 is 0 Å². The molecule has 0 aliphatic carbocycles. The van der Waals surface area contributed by atoms with E-state index in [1.165, 1.54) is 26.7 Å². The average molecular weight is 321 g/mol. The molecule has 2 rings (SSSR count). The van der Waals surface area contributed by atoms with Crippen molar-refractivity contribution >= 4 is 22.6 Å². The molecular formula is C15H14I. The van der Waals surface area contributed by atoms with Crippen LogP contribution in [0.3, 0.4) is 0 Å². The minimum absolute atomic E-state index is 1.12. The highest BCUT2D eigenvalue weighted by molar-refractivity contribution is 14.1. The molecule has 0 unspecified atom stereocenters. The number of benzene rings is 2. The third-order valence-corrected chi connectivity index (χ3v) is 3.52. The van der Waals surface area contributed by atoms with Crippen molar-refractivity contribution in [2.75, 3.05) is 0 Å². The lowest BCUT2D eigenvalue weighted by Gasteiger charge is -2.05. The van der Waals surface area contributed by atoms with E-state index < -0.39 is 0 Å². The molecule has 0 amide bonds. The van der Waals surface area contributed by atoms with Crippen LogP contribution in [0.1, 0.15) is 18.9 Å². The normalized spacial score (nSPS) is 10.4. The Morgan fingerprint density at radius 1 is 1.12 bits per heavy atom. The Hall–Kier alpha value is -0.830. The van der Waals surface area contributed by atoms with Gasteiger partial charge in [-0.15, -0.1) is 0 Å². The number of aryl methyl sites for hydroxylation is 1. The van der Waals surface area contributed by atoms with Crippen molar-refractivity contribution in [3.63, 3.8) is 0 Å². The van der Waals surface area contributed by atoms with Gasteiger partial charge in [-0.25, -0.2) is 0 Å². The monoisotopic (exact) mass is 321 g/mol. The maximum absolute atomic E-state index is 3.36. The Morgan fingerprint density at radius 2 is 1.94 bits per heavy atom. The molecule has 0 N–H and O–H groups in total. The number of rotatable bonds is 3. The molecule has 0 saturated heterocycles. The van der Waals surface area contributed by atoms with Gasteiger partial charge in [0.1, 0.15) is 0 Å². The largest absolute Gasteiger partial charge is 0.0651 e. The summed E-state index contributed by atoms with van der Waals surface area (Å²) in [5, 5.41) is 0. The van der Waals surface area contributed by atoms with Crippen molar-refractivity contribution in [2.45, 2.75) is 19.8 Å². The predicted molar refractivity (Wildman–Crippen MR) is 77.4 cm³/mol. The summed E-state index contributed by atoms with van der Waals surface area (Å²) >= 11 is 2.38. The van der Waals surface area contributed by atoms with E-state index in [9.17, 15) is 0 Å². The first-order valence-corrected chi connectivity index (χ1v) is 6.64. The fourth-order valence-electron chi connectivity index (χ4n) is 1.74. The van der Waals surface area contributed by atoms with Crippen molar-refractivity contribution in [3.8, 4) is 11.1 Å². The van der Waals surface area contributed by atoms with Crippen LogP contribution in [0.25, 0.3) is 11.1 Å². The fourth-order valence-corrected chi connectivity index (χ4v) is 2.44. The third kappa shape index (κ3) is 2.64. The molecular weight excluding hydrogens is 307 g/mol. The van der Waals surface area contributed by atoms with Gasteiger partial charge in [0.25, 0.3) is 0 Å². The van der Waals surface area contributed by atoms with Gasteiger partial charge in [0.2, 0.25) is 0 Å². The molecule has 0 aliphatic rings. The molecule has 0 nitrogen and oxygen atoms in total. The minimum Gasteiger partial charge on any atom is -0.0651 e. The number of halogens is 1. The van der Waals surface area contributed by atoms with Crippen molar-refractivity contribution < 1.29 is 0 Å². The summed E-state index contributed by atoms with van der Waals surface area (Å²) in [6, 6.07) is 18.3. The molecule has 0 aromatic heterocycles. The molecule has 1 heteroatoms. The Morgan fingerprint density at radius 3 is 2.56 bits per heavy atom. The van der Waals surface area contributed by atoms with E-state index in [1.54, 1.807) is 0 Å². The van der Waals surface area contributed by atoms with Gasteiger partial charge >= 0.3 is 0 Å². The first-order valence-electron chi connectivity index (χ1n) is 5.57. The molecule has 0 aliphatic heterocycles. The lowest BCUT2D eigenvalue weighted by atomic mass is 10.0. The highest BCUT2D eigenvalue weighted by atomic mass is 127. The van der Waals surface area contributed by atoms with E-state index >= 15 is 0 Å². The number of hydrogen-bond donors (Lipinski definition) is 0. The Labute approximate surface area is 111 Å². The van der Waals surface area contributed by atoms with E-state index in [4.69, 9.17) is 0 Å². The summed E-state index contributed by atoms with van der Waals surface area (Å²) in [7, 11) is 0. The smallest absolute Gasteiger partial charge is 0.0208 e. The van der Waals surface area contributed by atoms with Crippen molar-refractivity contribution in [1.82, 2.24) is 0 Å². The lowest BCUT2D eigenvalue weighted by Crippen LogP contribution is -1.85. The third-order valence-electron chi connectivity index (χ3n) is 2.58. The average Bonchev–Trinajstić information content (AvgIpc) is 2.31. The van der Waals surface area contributed by atoms with E-state index in [0.29, 0.717) is 0 Å². The standard InChI is InChI=1S/C15H14I/c1-2-5-12-8-10-13(11-9-12)14-6-3-4-7-15(14)16/h3-4,6-8,10-11H,2,5H2,1H3. The van der Waals surface area contributed by atoms with E-state index in [2.05, 4.69) is 78.0 Å². The van der Waals surface area contributed by atoms with E-state index in [1.807, 2.05) is 0 Å². The second kappa shape index (κ2) is 5.48. The van der Waals surface area contributed by atoms with Crippen molar-refractivity contribution in [1.29, 1.82) is 0 Å². The first-order chi connectivity index (χ1) is 7.81. The molecule has 81 valence electrons. The Kier molecular flexibility index (Phi) is 3.99. The molecule has 0 atom stereocenters. The minimum atomic E-state index is 1.12. The van der Waals surface area contributed by atoms with Crippen LogP contribution in [0, 0.1) is 9.64 Å². The second-order valence-corrected chi connectivity index (χ2v) is 4.99. The Balaban J connectivity index is 2.31. The molecule has 2 aromatic carbocycles. The summed E-state index contributed by atoms with van der Waals surface area (Å²) in [5.74, 6) is 0.